The van der Waals surface area contributed by atoms with Crippen LogP contribution in [0.25, 0.3) is 5.57 Å². The normalized spacial score (nSPS) is 16.6. The number of hydrogen-bond donors (Lipinski definition) is 1. The molecule has 0 saturated heterocycles. The second-order valence-corrected chi connectivity index (χ2v) is 8.06. The van der Waals surface area contributed by atoms with Crippen LogP contribution in [-0.2, 0) is 11.3 Å². The maximum Gasteiger partial charge on any atom is 0.290 e. The molecule has 0 fully saturated rings. The Morgan fingerprint density at radius 1 is 0.966 bits per heavy atom. The molecule has 5 heteroatoms. The standard InChI is InChI=1S/C24H19BrFNO2/c1-15-2-6-17(7-3-15)21-22(18-8-10-19(25)11-9-18)27(24(29)23(21)28)14-16-4-12-20(26)13-5-16/h2-13,22,28H,14H2,1H3. The van der Waals surface area contributed by atoms with Gasteiger partial charge >= 0.3 is 0 Å². The van der Waals surface area contributed by atoms with Crippen molar-refractivity contribution in [1.29, 1.82) is 0 Å². The smallest absolute Gasteiger partial charge is 0.290 e. The molecule has 3 aromatic rings. The van der Waals surface area contributed by atoms with Gasteiger partial charge < -0.3 is 10.0 Å². The quantitative estimate of drug-likeness (QED) is 0.532. The summed E-state index contributed by atoms with van der Waals surface area (Å²) in [5.41, 5.74) is 4.17. The topological polar surface area (TPSA) is 40.5 Å². The van der Waals surface area contributed by atoms with Crippen molar-refractivity contribution in [2.75, 3.05) is 0 Å². The fourth-order valence-corrected chi connectivity index (χ4v) is 3.89. The Kier molecular flexibility index (Phi) is 5.24. The molecular formula is C24H19BrFNO2. The van der Waals surface area contributed by atoms with Crippen LogP contribution in [0.5, 0.6) is 0 Å². The SMILES string of the molecule is Cc1ccc(C2=C(O)C(=O)N(Cc3ccc(F)cc3)C2c2ccc(Br)cc2)cc1. The number of hydrogen-bond acceptors (Lipinski definition) is 2. The van der Waals surface area contributed by atoms with Gasteiger partial charge in [-0.25, -0.2) is 4.39 Å². The van der Waals surface area contributed by atoms with Crippen molar-refractivity contribution in [2.45, 2.75) is 19.5 Å². The number of aliphatic hydroxyl groups excluding tert-OH is 1. The largest absolute Gasteiger partial charge is 0.503 e. The maximum absolute atomic E-state index is 13.3. The molecule has 0 saturated carbocycles. The number of amides is 1. The van der Waals surface area contributed by atoms with Crippen molar-refractivity contribution in [3.8, 4) is 0 Å². The van der Waals surface area contributed by atoms with Crippen LogP contribution in [0.2, 0.25) is 0 Å². The zero-order valence-corrected chi connectivity index (χ0v) is 17.4. The monoisotopic (exact) mass is 451 g/mol. The highest BCUT2D eigenvalue weighted by Gasteiger charge is 2.40. The minimum Gasteiger partial charge on any atom is -0.503 e. The molecule has 1 aliphatic rings. The highest BCUT2D eigenvalue weighted by Crippen LogP contribution is 2.44. The first-order valence-corrected chi connectivity index (χ1v) is 10.0. The third kappa shape index (κ3) is 3.83. The van der Waals surface area contributed by atoms with Gasteiger partial charge in [-0.05, 0) is 47.9 Å². The van der Waals surface area contributed by atoms with E-state index in [9.17, 15) is 14.3 Å². The number of carbonyl (C=O) groups excluding carboxylic acids is 1. The van der Waals surface area contributed by atoms with E-state index in [-0.39, 0.29) is 18.1 Å². The fourth-order valence-electron chi connectivity index (χ4n) is 3.62. The van der Waals surface area contributed by atoms with E-state index in [1.807, 2.05) is 55.5 Å². The second-order valence-electron chi connectivity index (χ2n) is 7.14. The van der Waals surface area contributed by atoms with Crippen LogP contribution in [0.4, 0.5) is 4.39 Å². The van der Waals surface area contributed by atoms with Crippen molar-refractivity contribution in [3.05, 3.63) is 111 Å². The van der Waals surface area contributed by atoms with Gasteiger partial charge in [0.2, 0.25) is 0 Å². The molecule has 0 spiro atoms. The van der Waals surface area contributed by atoms with E-state index in [2.05, 4.69) is 15.9 Å². The first-order chi connectivity index (χ1) is 13.9. The lowest BCUT2D eigenvalue weighted by Crippen LogP contribution is -2.29. The van der Waals surface area contributed by atoms with E-state index in [1.54, 1.807) is 17.0 Å². The average molecular weight is 452 g/mol. The third-order valence-electron chi connectivity index (χ3n) is 5.12. The molecule has 1 heterocycles. The summed E-state index contributed by atoms with van der Waals surface area (Å²) in [5, 5.41) is 10.8. The lowest BCUT2D eigenvalue weighted by Gasteiger charge is -2.27. The molecule has 146 valence electrons. The van der Waals surface area contributed by atoms with Crippen LogP contribution >= 0.6 is 15.9 Å². The summed E-state index contributed by atoms with van der Waals surface area (Å²) in [7, 11) is 0. The van der Waals surface area contributed by atoms with Gasteiger partial charge in [0.25, 0.3) is 5.91 Å². The predicted octanol–water partition coefficient (Wildman–Crippen LogP) is 5.95. The highest BCUT2D eigenvalue weighted by atomic mass is 79.9. The molecule has 0 aliphatic carbocycles. The van der Waals surface area contributed by atoms with Gasteiger partial charge in [0.1, 0.15) is 5.82 Å². The Labute approximate surface area is 177 Å². The number of aryl methyl sites for hydroxylation is 1. The summed E-state index contributed by atoms with van der Waals surface area (Å²) in [6.45, 7) is 2.25. The predicted molar refractivity (Wildman–Crippen MR) is 115 cm³/mol. The number of aliphatic hydroxyl groups is 1. The van der Waals surface area contributed by atoms with Gasteiger partial charge in [0.05, 0.1) is 6.04 Å². The maximum atomic E-state index is 13.3. The molecule has 3 nitrogen and oxygen atoms in total. The van der Waals surface area contributed by atoms with Crippen LogP contribution in [0, 0.1) is 12.7 Å². The van der Waals surface area contributed by atoms with E-state index in [0.29, 0.717) is 5.57 Å². The molecular weight excluding hydrogens is 433 g/mol. The second kappa shape index (κ2) is 7.84. The van der Waals surface area contributed by atoms with Crippen LogP contribution in [0.1, 0.15) is 28.3 Å². The van der Waals surface area contributed by atoms with Gasteiger partial charge in [-0.15, -0.1) is 0 Å². The average Bonchev–Trinajstić information content (AvgIpc) is 2.96. The van der Waals surface area contributed by atoms with Gasteiger partial charge in [-0.2, -0.15) is 0 Å². The van der Waals surface area contributed by atoms with Gasteiger partial charge in [0.15, 0.2) is 5.76 Å². The van der Waals surface area contributed by atoms with Gasteiger partial charge in [-0.1, -0.05) is 70.0 Å². The molecule has 1 N–H and O–H groups in total. The Morgan fingerprint density at radius 2 is 1.59 bits per heavy atom. The molecule has 3 aromatic carbocycles. The van der Waals surface area contributed by atoms with E-state index in [0.717, 1.165) is 26.7 Å². The van der Waals surface area contributed by atoms with E-state index in [4.69, 9.17) is 0 Å². The summed E-state index contributed by atoms with van der Waals surface area (Å²) in [4.78, 5) is 14.6. The molecule has 1 aliphatic heterocycles. The zero-order chi connectivity index (χ0) is 20.5. The molecule has 0 bridgehead atoms. The number of halogens is 2. The van der Waals surface area contributed by atoms with Gasteiger partial charge in [-0.3, -0.25) is 4.79 Å². The van der Waals surface area contributed by atoms with E-state index >= 15 is 0 Å². The first-order valence-electron chi connectivity index (χ1n) is 9.25. The Morgan fingerprint density at radius 3 is 2.21 bits per heavy atom. The number of nitrogens with zero attached hydrogens (tertiary/aromatic N) is 1. The van der Waals surface area contributed by atoms with Crippen molar-refractivity contribution in [2.24, 2.45) is 0 Å². The summed E-state index contributed by atoms with van der Waals surface area (Å²) in [5.74, 6) is -1.01. The third-order valence-corrected chi connectivity index (χ3v) is 5.65. The van der Waals surface area contributed by atoms with Gasteiger partial charge in [0, 0.05) is 16.6 Å². The van der Waals surface area contributed by atoms with Crippen molar-refractivity contribution < 1.29 is 14.3 Å². The lowest BCUT2D eigenvalue weighted by molar-refractivity contribution is -0.130. The van der Waals surface area contributed by atoms with E-state index < -0.39 is 11.9 Å². The Bertz CT molecular complexity index is 1070. The van der Waals surface area contributed by atoms with E-state index in [1.165, 1.54) is 12.1 Å². The summed E-state index contributed by atoms with van der Waals surface area (Å²) in [6, 6.07) is 21.1. The number of benzene rings is 3. The summed E-state index contributed by atoms with van der Waals surface area (Å²) >= 11 is 3.44. The summed E-state index contributed by atoms with van der Waals surface area (Å²) in [6.07, 6.45) is 0. The molecule has 29 heavy (non-hydrogen) atoms. The first kappa shape index (κ1) is 19.4. The summed E-state index contributed by atoms with van der Waals surface area (Å²) < 4.78 is 14.2. The zero-order valence-electron chi connectivity index (χ0n) is 15.8. The number of carbonyl (C=O) groups is 1. The fraction of sp³-hybridized carbons (Fsp3) is 0.125. The molecule has 1 amide bonds. The molecule has 0 aromatic heterocycles. The minimum atomic E-state index is -0.441. The minimum absolute atomic E-state index is 0.246. The van der Waals surface area contributed by atoms with Crippen molar-refractivity contribution in [1.82, 2.24) is 4.90 Å². The Hall–Kier alpha value is -2.92. The van der Waals surface area contributed by atoms with Crippen molar-refractivity contribution in [3.63, 3.8) is 0 Å². The van der Waals surface area contributed by atoms with Crippen LogP contribution in [-0.4, -0.2) is 15.9 Å². The molecule has 4 rings (SSSR count). The van der Waals surface area contributed by atoms with Crippen molar-refractivity contribution >= 4 is 27.4 Å². The molecule has 0 radical (unpaired) electrons. The lowest BCUT2D eigenvalue weighted by atomic mass is 9.93. The van der Waals surface area contributed by atoms with Crippen LogP contribution in [0.15, 0.2) is 83.0 Å². The molecule has 1 unspecified atom stereocenters. The Balaban J connectivity index is 1.80. The van der Waals surface area contributed by atoms with Crippen LogP contribution < -0.4 is 0 Å². The molecule has 1 atom stereocenters. The highest BCUT2D eigenvalue weighted by molar-refractivity contribution is 9.10. The van der Waals surface area contributed by atoms with Crippen LogP contribution in [0.3, 0.4) is 0 Å². The number of rotatable bonds is 4.